The van der Waals surface area contributed by atoms with Crippen LogP contribution in [0.2, 0.25) is 0 Å². The molecule has 2 aliphatic heterocycles. The van der Waals surface area contributed by atoms with Crippen molar-refractivity contribution in [3.05, 3.63) is 170 Å². The van der Waals surface area contributed by atoms with Crippen LogP contribution < -0.4 is 9.80 Å². The van der Waals surface area contributed by atoms with Gasteiger partial charge in [0.05, 0.1) is 5.76 Å². The summed E-state index contributed by atoms with van der Waals surface area (Å²) in [6.07, 6.45) is 2.18. The Hall–Kier alpha value is -5.30. The molecule has 0 spiro atoms. The summed E-state index contributed by atoms with van der Waals surface area (Å²) in [4.78, 5) is 21.5. The summed E-state index contributed by atoms with van der Waals surface area (Å²) in [5.74, 6) is -0.0616. The van der Waals surface area contributed by atoms with E-state index < -0.39 is 0 Å². The summed E-state index contributed by atoms with van der Waals surface area (Å²) in [5.41, 5.74) is 14.3. The van der Waals surface area contributed by atoms with Gasteiger partial charge in [0.25, 0.3) is 0 Å². The van der Waals surface area contributed by atoms with Crippen LogP contribution in [0.15, 0.2) is 139 Å². The number of aliphatic hydroxyl groups excluding tert-OH is 1. The summed E-state index contributed by atoms with van der Waals surface area (Å²) < 4.78 is 0. The van der Waals surface area contributed by atoms with Crippen molar-refractivity contribution < 1.29 is 30.0 Å². The number of rotatable bonds is 11. The second-order valence-corrected chi connectivity index (χ2v) is 14.8. The number of hydrogen-bond donors (Lipinski definition) is 1. The minimum Gasteiger partial charge on any atom is -0.528 e. The molecule has 2 saturated heterocycles. The molecule has 0 unspecified atom stereocenters. The van der Waals surface area contributed by atoms with E-state index in [4.69, 9.17) is 0 Å². The van der Waals surface area contributed by atoms with E-state index in [0.29, 0.717) is 12.8 Å². The molecule has 0 atom stereocenters. The van der Waals surface area contributed by atoms with E-state index in [-0.39, 0.29) is 31.6 Å². The third-order valence-electron chi connectivity index (χ3n) is 10.6. The Balaban J connectivity index is 0.00000496. The first kappa shape index (κ1) is 39.9. The molecule has 291 valence electrons. The number of aliphatic hydroxyl groups is 1. The van der Waals surface area contributed by atoms with Crippen molar-refractivity contribution in [2.75, 3.05) is 50.1 Å². The van der Waals surface area contributed by atoms with Crippen molar-refractivity contribution in [3.63, 3.8) is 0 Å². The molecule has 2 fully saturated rings. The molecule has 0 amide bonds. The van der Waals surface area contributed by atoms with E-state index in [1.807, 2.05) is 6.07 Å². The molecule has 6 nitrogen and oxygen atoms in total. The zero-order valence-electron chi connectivity index (χ0n) is 32.6. The van der Waals surface area contributed by atoms with E-state index >= 15 is 0 Å². The van der Waals surface area contributed by atoms with Gasteiger partial charge in [-0.1, -0.05) is 83.9 Å². The van der Waals surface area contributed by atoms with Crippen LogP contribution in [0.25, 0.3) is 55.6 Å². The minimum absolute atomic E-state index is 0. The number of ketones is 1. The van der Waals surface area contributed by atoms with E-state index in [0.717, 1.165) is 98.8 Å². The summed E-state index contributed by atoms with van der Waals surface area (Å²) in [7, 11) is 4.19. The van der Waals surface area contributed by atoms with Gasteiger partial charge in [-0.05, 0) is 111 Å². The Morgan fingerprint density at radius 3 is 1.44 bits per heavy atom. The zero-order valence-corrected chi connectivity index (χ0v) is 35.0. The minimum atomic E-state index is -0.0907. The van der Waals surface area contributed by atoms with E-state index in [1.54, 1.807) is 0 Å². The molecular weight excluding hydrogens is 881 g/mol. The quantitative estimate of drug-likeness (QED) is 0.0794. The molecule has 0 aromatic heterocycles. The maximum atomic E-state index is 12.7. The monoisotopic (exact) mass is 927 g/mol. The smallest absolute Gasteiger partial charge is 0.159 e. The number of benzene rings is 6. The first-order chi connectivity index (χ1) is 27.3. The van der Waals surface area contributed by atoms with Crippen molar-refractivity contribution in [1.29, 1.82) is 0 Å². The molecule has 2 aliphatic rings. The number of carbonyl (C=O) groups excluding carboxylic acids is 1. The number of nitrogens with zero attached hydrogens (tertiary/aromatic N) is 4. The Bertz CT molecular complexity index is 2240. The van der Waals surface area contributed by atoms with Crippen LogP contribution in [0.3, 0.4) is 0 Å². The van der Waals surface area contributed by atoms with Gasteiger partial charge < -0.3 is 24.7 Å². The second kappa shape index (κ2) is 17.9. The molecule has 6 aromatic carbocycles. The maximum Gasteiger partial charge on any atom is 0.159 e. The van der Waals surface area contributed by atoms with Gasteiger partial charge in [0.2, 0.25) is 0 Å². The number of hydrogen-bond acceptors (Lipinski definition) is 6. The van der Waals surface area contributed by atoms with Gasteiger partial charge in [-0.3, -0.25) is 4.79 Å². The van der Waals surface area contributed by atoms with E-state index in [2.05, 4.69) is 180 Å². The Morgan fingerprint density at radius 1 is 0.614 bits per heavy atom. The first-order valence-electron chi connectivity index (χ1n) is 19.3. The summed E-state index contributed by atoms with van der Waals surface area (Å²) in [6, 6.07) is 52.4. The van der Waals surface area contributed by atoms with Crippen LogP contribution >= 0.6 is 0 Å². The summed E-state index contributed by atoms with van der Waals surface area (Å²) in [6.45, 7) is 9.70. The second-order valence-electron chi connectivity index (χ2n) is 14.8. The molecule has 2 heterocycles. The molecule has 8 rings (SSSR count). The van der Waals surface area contributed by atoms with Crippen molar-refractivity contribution in [1.82, 2.24) is 9.80 Å². The third kappa shape index (κ3) is 9.14. The fourth-order valence-electron chi connectivity index (χ4n) is 7.78. The molecule has 0 saturated carbocycles. The number of allylic oxidation sites excluding steroid dienone is 2. The normalized spacial score (nSPS) is 14.9. The van der Waals surface area contributed by atoms with Gasteiger partial charge in [0, 0.05) is 32.6 Å². The molecule has 1 N–H and O–H groups in total. The van der Waals surface area contributed by atoms with Gasteiger partial charge >= 0.3 is 0 Å². The molecule has 1 radical (unpaired) electrons. The summed E-state index contributed by atoms with van der Waals surface area (Å²) >= 11 is 0. The molecule has 6 aromatic rings. The van der Waals surface area contributed by atoms with Crippen LogP contribution in [-0.2, 0) is 31.3 Å². The molecule has 7 heteroatoms. The van der Waals surface area contributed by atoms with Crippen molar-refractivity contribution in [3.8, 4) is 55.6 Å². The molecular formula is C50H46IrN4O2-4. The van der Waals surface area contributed by atoms with E-state index in [1.165, 1.54) is 13.0 Å². The molecule has 0 bridgehead atoms. The topological polar surface area (TPSA) is 50.3 Å². The fraction of sp³-hybridized carbons (Fsp3) is 0.180. The summed E-state index contributed by atoms with van der Waals surface area (Å²) in [5, 5.41) is 9.71. The van der Waals surface area contributed by atoms with Crippen molar-refractivity contribution >= 4 is 17.2 Å². The van der Waals surface area contributed by atoms with Crippen LogP contribution in [0, 0.1) is 25.5 Å². The Kier molecular flexibility index (Phi) is 12.5. The zero-order chi connectivity index (χ0) is 38.6. The van der Waals surface area contributed by atoms with Crippen LogP contribution in [0.4, 0.5) is 11.4 Å². The van der Waals surface area contributed by atoms with Crippen molar-refractivity contribution in [2.24, 2.45) is 0 Å². The van der Waals surface area contributed by atoms with Crippen LogP contribution in [0.1, 0.15) is 18.9 Å². The van der Waals surface area contributed by atoms with Crippen LogP contribution in [0.5, 0.6) is 0 Å². The first-order valence-corrected chi connectivity index (χ1v) is 19.3. The van der Waals surface area contributed by atoms with Gasteiger partial charge in [0.15, 0.2) is 5.78 Å². The van der Waals surface area contributed by atoms with Crippen LogP contribution in [-0.4, -0.2) is 61.0 Å². The Morgan fingerprint density at radius 2 is 1.04 bits per heavy atom. The number of carbonyl (C=O) groups is 1. The average molecular weight is 927 g/mol. The SMILES string of the molecule is C/C(O)=C/C(=O)CCc1ccccc1-c1cc(-c2ccccc2-c2c[c-]c(N3[CH-]N(C)CC3)cc2)cc(-c2ccccc2-c2c[c-]c(N3[CH-]N(C)CC3)cc2)c1.[Ir]. The van der Waals surface area contributed by atoms with Gasteiger partial charge in [0.1, 0.15) is 0 Å². The number of anilines is 2. The number of likely N-dealkylation sites (N-methyl/N-ethyl adjacent to an activating group) is 2. The van der Waals surface area contributed by atoms with Gasteiger partial charge in [-0.15, -0.1) is 34.6 Å². The van der Waals surface area contributed by atoms with E-state index in [9.17, 15) is 9.90 Å². The van der Waals surface area contributed by atoms with Gasteiger partial charge in [-0.25, -0.2) is 0 Å². The third-order valence-corrected chi connectivity index (χ3v) is 10.6. The van der Waals surface area contributed by atoms with Gasteiger partial charge in [-0.2, -0.15) is 49.7 Å². The number of aryl methyl sites for hydroxylation is 1. The average Bonchev–Trinajstić information content (AvgIpc) is 3.88. The maximum absolute atomic E-state index is 12.7. The predicted octanol–water partition coefficient (Wildman–Crippen LogP) is 10.3. The predicted molar refractivity (Wildman–Crippen MR) is 230 cm³/mol. The molecule has 57 heavy (non-hydrogen) atoms. The molecule has 0 aliphatic carbocycles. The van der Waals surface area contributed by atoms with Crippen molar-refractivity contribution in [2.45, 2.75) is 19.8 Å². The largest absolute Gasteiger partial charge is 0.528 e. The standard InChI is InChI=1S/C50H46N4O2.Ir/c1-36(55)30-45(56)25-20-37-10-4-5-11-46(37)40-31-41(49-14-8-6-12-47(49)38-16-21-43(22-17-38)53-28-26-51(2)34-53)33-42(32-40)50-15-9-7-13-48(50)39-18-23-44(24-19-39)54-29-27-52(3)35-54;/h4-19,21,23,30-35,55H,20,25-29H2,1-3H3;/q-4;/b36-30-;. The Labute approximate surface area is 351 Å². The fourth-order valence-corrected chi connectivity index (χ4v) is 7.78.